The molecule has 6 heteroatoms. The van der Waals surface area contributed by atoms with Crippen LogP contribution in [0.25, 0.3) is 0 Å². The van der Waals surface area contributed by atoms with Crippen molar-refractivity contribution in [2.75, 3.05) is 0 Å². The van der Waals surface area contributed by atoms with Crippen LogP contribution in [0.15, 0.2) is 34.2 Å². The maximum atomic E-state index is 11.1. The highest BCUT2D eigenvalue weighted by Gasteiger charge is 2.11. The van der Waals surface area contributed by atoms with Gasteiger partial charge in [-0.3, -0.25) is 0 Å². The smallest absolute Gasteiger partial charge is 0.337 e. The highest BCUT2D eigenvalue weighted by atomic mass is 35.5. The average Bonchev–Trinajstić information content (AvgIpc) is 2.40. The standard InChI is InChI=1S/C14H13ClN2O2S/c1-3-9-6-13(17-8(2)16-9)20-10-4-5-12(15)11(7-10)14(18)19/h4-7H,3H2,1-2H3,(H,18,19). The van der Waals surface area contributed by atoms with Crippen LogP contribution in [0.2, 0.25) is 5.02 Å². The number of hydrogen-bond donors (Lipinski definition) is 1. The molecule has 0 fully saturated rings. The Bertz CT molecular complexity index is 662. The first kappa shape index (κ1) is 14.8. The maximum Gasteiger partial charge on any atom is 0.337 e. The van der Waals surface area contributed by atoms with Crippen molar-refractivity contribution >= 4 is 29.3 Å². The molecule has 104 valence electrons. The molecule has 2 aromatic rings. The van der Waals surface area contributed by atoms with E-state index in [-0.39, 0.29) is 10.6 Å². The Morgan fingerprint density at radius 2 is 2.10 bits per heavy atom. The van der Waals surface area contributed by atoms with Crippen LogP contribution < -0.4 is 0 Å². The summed E-state index contributed by atoms with van der Waals surface area (Å²) in [6, 6.07) is 6.83. The summed E-state index contributed by atoms with van der Waals surface area (Å²) in [6.45, 7) is 3.87. The number of carboxylic acids is 1. The molecule has 0 amide bonds. The summed E-state index contributed by atoms with van der Waals surface area (Å²) in [6.07, 6.45) is 0.831. The largest absolute Gasteiger partial charge is 0.478 e. The average molecular weight is 309 g/mol. The lowest BCUT2D eigenvalue weighted by Crippen LogP contribution is -1.98. The molecule has 0 saturated carbocycles. The van der Waals surface area contributed by atoms with Gasteiger partial charge < -0.3 is 5.11 Å². The fourth-order valence-electron chi connectivity index (χ4n) is 1.69. The Hall–Kier alpha value is -1.59. The van der Waals surface area contributed by atoms with Gasteiger partial charge in [0.15, 0.2) is 0 Å². The first-order valence-corrected chi connectivity index (χ1v) is 7.24. The Kier molecular flexibility index (Phi) is 4.62. The van der Waals surface area contributed by atoms with E-state index in [0.29, 0.717) is 5.82 Å². The molecule has 0 bridgehead atoms. The summed E-state index contributed by atoms with van der Waals surface area (Å²) < 4.78 is 0. The molecule has 0 atom stereocenters. The van der Waals surface area contributed by atoms with Crippen molar-refractivity contribution in [1.29, 1.82) is 0 Å². The normalized spacial score (nSPS) is 10.6. The monoisotopic (exact) mass is 308 g/mol. The van der Waals surface area contributed by atoms with Gasteiger partial charge in [0.05, 0.1) is 10.6 Å². The molecule has 0 aliphatic heterocycles. The number of aromatic carboxylic acids is 1. The predicted octanol–water partition coefficient (Wildman–Crippen LogP) is 3.85. The summed E-state index contributed by atoms with van der Waals surface area (Å²) in [5, 5.41) is 10.1. The first-order valence-electron chi connectivity index (χ1n) is 6.05. The van der Waals surface area contributed by atoms with Gasteiger partial charge in [-0.15, -0.1) is 0 Å². The Balaban J connectivity index is 2.32. The van der Waals surface area contributed by atoms with Gasteiger partial charge in [0.1, 0.15) is 10.9 Å². The van der Waals surface area contributed by atoms with Crippen molar-refractivity contribution in [3.63, 3.8) is 0 Å². The fourth-order valence-corrected chi connectivity index (χ4v) is 2.81. The van der Waals surface area contributed by atoms with Crippen LogP contribution in [-0.4, -0.2) is 21.0 Å². The molecule has 0 aliphatic rings. The quantitative estimate of drug-likeness (QED) is 0.869. The number of rotatable bonds is 4. The number of benzene rings is 1. The Morgan fingerprint density at radius 3 is 2.75 bits per heavy atom. The van der Waals surface area contributed by atoms with Crippen LogP contribution in [0.5, 0.6) is 0 Å². The van der Waals surface area contributed by atoms with Gasteiger partial charge in [0.25, 0.3) is 0 Å². The first-order chi connectivity index (χ1) is 9.49. The lowest BCUT2D eigenvalue weighted by atomic mass is 10.2. The molecule has 1 heterocycles. The minimum atomic E-state index is -1.04. The molecule has 0 aliphatic carbocycles. The second kappa shape index (κ2) is 6.24. The molecule has 2 rings (SSSR count). The molecule has 1 aromatic heterocycles. The van der Waals surface area contributed by atoms with E-state index in [4.69, 9.17) is 16.7 Å². The number of hydrogen-bond acceptors (Lipinski definition) is 4. The minimum absolute atomic E-state index is 0.0955. The third-order valence-electron chi connectivity index (χ3n) is 2.62. The van der Waals surface area contributed by atoms with Crippen LogP contribution >= 0.6 is 23.4 Å². The van der Waals surface area contributed by atoms with E-state index in [9.17, 15) is 4.79 Å². The summed E-state index contributed by atoms with van der Waals surface area (Å²) in [5.74, 6) is -0.329. The van der Waals surface area contributed by atoms with Crippen molar-refractivity contribution < 1.29 is 9.90 Å². The summed E-state index contributed by atoms with van der Waals surface area (Å²) in [5.41, 5.74) is 1.06. The van der Waals surface area contributed by atoms with Crippen LogP contribution in [0, 0.1) is 6.92 Å². The molecule has 20 heavy (non-hydrogen) atoms. The van der Waals surface area contributed by atoms with E-state index in [1.165, 1.54) is 11.8 Å². The highest BCUT2D eigenvalue weighted by molar-refractivity contribution is 7.99. The van der Waals surface area contributed by atoms with Crippen molar-refractivity contribution in [3.8, 4) is 0 Å². The third-order valence-corrected chi connectivity index (χ3v) is 3.86. The van der Waals surface area contributed by atoms with Crippen molar-refractivity contribution in [2.45, 2.75) is 30.2 Å². The van der Waals surface area contributed by atoms with E-state index >= 15 is 0 Å². The van der Waals surface area contributed by atoms with E-state index in [1.807, 2.05) is 19.9 Å². The summed E-state index contributed by atoms with van der Waals surface area (Å²) in [4.78, 5) is 20.5. The molecular weight excluding hydrogens is 296 g/mol. The summed E-state index contributed by atoms with van der Waals surface area (Å²) in [7, 11) is 0. The molecule has 1 aromatic carbocycles. The van der Waals surface area contributed by atoms with Crippen molar-refractivity contribution in [2.24, 2.45) is 0 Å². The molecule has 4 nitrogen and oxygen atoms in total. The van der Waals surface area contributed by atoms with Crippen LogP contribution in [-0.2, 0) is 6.42 Å². The van der Waals surface area contributed by atoms with Gasteiger partial charge in [0.2, 0.25) is 0 Å². The van der Waals surface area contributed by atoms with E-state index in [1.54, 1.807) is 18.2 Å². The molecule has 0 unspecified atom stereocenters. The molecule has 0 radical (unpaired) electrons. The molecule has 1 N–H and O–H groups in total. The van der Waals surface area contributed by atoms with Gasteiger partial charge in [-0.05, 0) is 37.6 Å². The number of aromatic nitrogens is 2. The highest BCUT2D eigenvalue weighted by Crippen LogP contribution is 2.29. The Labute approximate surface area is 126 Å². The number of carbonyl (C=O) groups is 1. The second-order valence-corrected chi connectivity index (χ2v) is 5.65. The van der Waals surface area contributed by atoms with Gasteiger partial charge in [-0.2, -0.15) is 0 Å². The zero-order valence-corrected chi connectivity index (χ0v) is 12.6. The zero-order valence-electron chi connectivity index (χ0n) is 11.1. The van der Waals surface area contributed by atoms with Crippen molar-refractivity contribution in [3.05, 3.63) is 46.4 Å². The van der Waals surface area contributed by atoms with Gasteiger partial charge in [-0.25, -0.2) is 14.8 Å². The topological polar surface area (TPSA) is 63.1 Å². The maximum absolute atomic E-state index is 11.1. The third kappa shape index (κ3) is 3.49. The van der Waals surface area contributed by atoms with E-state index < -0.39 is 5.97 Å². The number of carboxylic acid groups (broad SMARTS) is 1. The number of halogens is 1. The fraction of sp³-hybridized carbons (Fsp3) is 0.214. The Morgan fingerprint density at radius 1 is 1.35 bits per heavy atom. The zero-order chi connectivity index (χ0) is 14.7. The van der Waals surface area contributed by atoms with Gasteiger partial charge in [-0.1, -0.05) is 30.3 Å². The molecular formula is C14H13ClN2O2S. The lowest BCUT2D eigenvalue weighted by molar-refractivity contribution is 0.0697. The van der Waals surface area contributed by atoms with Gasteiger partial charge >= 0.3 is 5.97 Å². The van der Waals surface area contributed by atoms with Gasteiger partial charge in [0, 0.05) is 10.6 Å². The predicted molar refractivity (Wildman–Crippen MR) is 78.7 cm³/mol. The lowest BCUT2D eigenvalue weighted by Gasteiger charge is -2.06. The van der Waals surface area contributed by atoms with Crippen LogP contribution in [0.4, 0.5) is 0 Å². The second-order valence-electron chi connectivity index (χ2n) is 4.15. The SMILES string of the molecule is CCc1cc(Sc2ccc(Cl)c(C(=O)O)c2)nc(C)n1. The van der Waals surface area contributed by atoms with Crippen molar-refractivity contribution in [1.82, 2.24) is 9.97 Å². The number of nitrogens with zero attached hydrogens (tertiary/aromatic N) is 2. The molecule has 0 spiro atoms. The summed E-state index contributed by atoms with van der Waals surface area (Å²) >= 11 is 7.25. The van der Waals surface area contributed by atoms with Crippen LogP contribution in [0.1, 0.15) is 28.8 Å². The minimum Gasteiger partial charge on any atom is -0.478 e. The van der Waals surface area contributed by atoms with E-state index in [2.05, 4.69) is 9.97 Å². The molecule has 0 saturated heterocycles. The van der Waals surface area contributed by atoms with Crippen LogP contribution in [0.3, 0.4) is 0 Å². The number of aryl methyl sites for hydroxylation is 2. The van der Waals surface area contributed by atoms with E-state index in [0.717, 1.165) is 22.0 Å².